The van der Waals surface area contributed by atoms with Gasteiger partial charge in [-0.3, -0.25) is 9.36 Å². The van der Waals surface area contributed by atoms with E-state index in [9.17, 15) is 4.79 Å². The van der Waals surface area contributed by atoms with Gasteiger partial charge in [0.1, 0.15) is 12.0 Å². The summed E-state index contributed by atoms with van der Waals surface area (Å²) < 4.78 is 1.83. The van der Waals surface area contributed by atoms with Gasteiger partial charge in [-0.15, -0.1) is 0 Å². The molecule has 4 nitrogen and oxygen atoms in total. The van der Waals surface area contributed by atoms with Crippen LogP contribution in [0.4, 0.5) is 0 Å². The fraction of sp³-hybridized carbons (Fsp3) is 0.312. The Morgan fingerprint density at radius 1 is 1.30 bits per heavy atom. The molecule has 0 unspecified atom stereocenters. The zero-order valence-corrected chi connectivity index (χ0v) is 11.6. The fourth-order valence-corrected chi connectivity index (χ4v) is 2.57. The molecule has 1 heterocycles. The molecule has 4 heteroatoms. The van der Waals surface area contributed by atoms with Gasteiger partial charge in [-0.25, -0.2) is 4.98 Å². The van der Waals surface area contributed by atoms with Crippen molar-refractivity contribution in [1.82, 2.24) is 9.55 Å². The number of rotatable bonds is 1. The molecule has 0 bridgehead atoms. The van der Waals surface area contributed by atoms with Gasteiger partial charge in [0.15, 0.2) is 5.78 Å². The normalized spacial score (nSPS) is 16.6. The van der Waals surface area contributed by atoms with E-state index in [-0.39, 0.29) is 11.2 Å². The van der Waals surface area contributed by atoms with Gasteiger partial charge in [0.2, 0.25) is 0 Å². The van der Waals surface area contributed by atoms with Crippen molar-refractivity contribution in [1.29, 1.82) is 5.26 Å². The Balaban J connectivity index is 2.11. The van der Waals surface area contributed by atoms with Gasteiger partial charge < -0.3 is 0 Å². The monoisotopic (exact) mass is 265 g/mol. The van der Waals surface area contributed by atoms with Gasteiger partial charge in [-0.2, -0.15) is 5.26 Å². The number of hydrogen-bond donors (Lipinski definition) is 0. The minimum atomic E-state index is -0.336. The predicted octanol–water partition coefficient (Wildman–Crippen LogP) is 2.90. The van der Waals surface area contributed by atoms with E-state index in [0.29, 0.717) is 11.3 Å². The van der Waals surface area contributed by atoms with Crippen LogP contribution < -0.4 is 0 Å². The van der Waals surface area contributed by atoms with Crippen LogP contribution in [-0.4, -0.2) is 15.3 Å². The number of nitriles is 1. The van der Waals surface area contributed by atoms with E-state index in [2.05, 4.69) is 11.1 Å². The number of aryl methyl sites for hydroxylation is 1. The highest BCUT2D eigenvalue weighted by molar-refractivity contribution is 6.01. The standard InChI is InChI=1S/C16H15N3O/c1-16(2)8-7-13-14(15(16)20)19(10-18-13)12-5-3-11(9-17)4-6-12/h3-6,10H,7-8H2,1-2H3. The lowest BCUT2D eigenvalue weighted by molar-refractivity contribution is 0.0802. The second-order valence-electron chi connectivity index (χ2n) is 5.78. The van der Waals surface area contributed by atoms with E-state index >= 15 is 0 Å². The second kappa shape index (κ2) is 4.31. The Morgan fingerprint density at radius 3 is 2.65 bits per heavy atom. The van der Waals surface area contributed by atoms with Gasteiger partial charge in [-0.1, -0.05) is 13.8 Å². The highest BCUT2D eigenvalue weighted by Crippen LogP contribution is 2.35. The SMILES string of the molecule is CC1(C)CCc2ncn(-c3ccc(C#N)cc3)c2C1=O. The Hall–Kier alpha value is -2.41. The van der Waals surface area contributed by atoms with E-state index in [0.717, 1.165) is 24.2 Å². The summed E-state index contributed by atoms with van der Waals surface area (Å²) >= 11 is 0. The molecule has 1 aromatic carbocycles. The number of Topliss-reactive ketones (excluding diaryl/α,β-unsaturated/α-hetero) is 1. The summed E-state index contributed by atoms with van der Waals surface area (Å²) in [6.45, 7) is 3.96. The summed E-state index contributed by atoms with van der Waals surface area (Å²) in [5.41, 5.74) is 2.69. The summed E-state index contributed by atoms with van der Waals surface area (Å²) in [4.78, 5) is 17.0. The highest BCUT2D eigenvalue weighted by Gasteiger charge is 2.37. The minimum absolute atomic E-state index is 0.139. The average Bonchev–Trinajstić information content (AvgIpc) is 2.88. The molecular weight excluding hydrogens is 250 g/mol. The van der Waals surface area contributed by atoms with Crippen molar-refractivity contribution < 1.29 is 4.79 Å². The number of nitrogens with zero attached hydrogens (tertiary/aromatic N) is 3. The van der Waals surface area contributed by atoms with Crippen molar-refractivity contribution >= 4 is 5.78 Å². The summed E-state index contributed by atoms with van der Waals surface area (Å²) in [6, 6.07) is 9.28. The third-order valence-corrected chi connectivity index (χ3v) is 3.93. The van der Waals surface area contributed by atoms with Crippen LogP contribution in [0.3, 0.4) is 0 Å². The molecule has 0 atom stereocenters. The average molecular weight is 265 g/mol. The van der Waals surface area contributed by atoms with E-state index in [1.54, 1.807) is 18.5 Å². The van der Waals surface area contributed by atoms with E-state index in [4.69, 9.17) is 5.26 Å². The first-order valence-electron chi connectivity index (χ1n) is 6.64. The zero-order chi connectivity index (χ0) is 14.3. The first-order valence-corrected chi connectivity index (χ1v) is 6.64. The van der Waals surface area contributed by atoms with Crippen molar-refractivity contribution in [2.45, 2.75) is 26.7 Å². The maximum Gasteiger partial charge on any atom is 0.187 e. The molecule has 1 aromatic heterocycles. The first-order chi connectivity index (χ1) is 9.53. The number of hydrogen-bond acceptors (Lipinski definition) is 3. The number of benzene rings is 1. The van der Waals surface area contributed by atoms with Crippen molar-refractivity contribution in [3.8, 4) is 11.8 Å². The first kappa shape index (κ1) is 12.6. The molecule has 0 fully saturated rings. The lowest BCUT2D eigenvalue weighted by Gasteiger charge is -2.28. The quantitative estimate of drug-likeness (QED) is 0.796. The summed E-state index contributed by atoms with van der Waals surface area (Å²) in [5, 5.41) is 8.84. The number of fused-ring (bicyclic) bond motifs is 1. The van der Waals surface area contributed by atoms with Gasteiger partial charge >= 0.3 is 0 Å². The topological polar surface area (TPSA) is 58.7 Å². The third-order valence-electron chi connectivity index (χ3n) is 3.93. The second-order valence-corrected chi connectivity index (χ2v) is 5.78. The summed E-state index contributed by atoms with van der Waals surface area (Å²) in [7, 11) is 0. The molecule has 1 aliphatic rings. The molecule has 1 aliphatic carbocycles. The van der Waals surface area contributed by atoms with Crippen LogP contribution in [0.2, 0.25) is 0 Å². The van der Waals surface area contributed by atoms with Gasteiger partial charge in [0, 0.05) is 11.1 Å². The zero-order valence-electron chi connectivity index (χ0n) is 11.6. The smallest absolute Gasteiger partial charge is 0.187 e. The molecule has 2 aromatic rings. The molecular formula is C16H15N3O. The predicted molar refractivity (Wildman–Crippen MR) is 74.7 cm³/mol. The van der Waals surface area contributed by atoms with Crippen LogP contribution in [0.15, 0.2) is 30.6 Å². The lowest BCUT2D eigenvalue weighted by Crippen LogP contribution is -2.31. The molecule has 0 saturated heterocycles. The molecule has 0 saturated carbocycles. The minimum Gasteiger partial charge on any atom is -0.296 e. The van der Waals surface area contributed by atoms with Gasteiger partial charge in [0.25, 0.3) is 0 Å². The Morgan fingerprint density at radius 2 is 2.00 bits per heavy atom. The molecule has 0 amide bonds. The largest absolute Gasteiger partial charge is 0.296 e. The molecule has 0 spiro atoms. The Bertz CT molecular complexity index is 717. The Kier molecular flexibility index (Phi) is 2.72. The molecule has 0 aliphatic heterocycles. The molecule has 100 valence electrons. The number of aromatic nitrogens is 2. The van der Waals surface area contributed by atoms with Crippen molar-refractivity contribution in [3.05, 3.63) is 47.5 Å². The third kappa shape index (κ3) is 1.83. The van der Waals surface area contributed by atoms with Gasteiger partial charge in [0.05, 0.1) is 17.3 Å². The highest BCUT2D eigenvalue weighted by atomic mass is 16.1. The molecule has 0 radical (unpaired) electrons. The summed E-state index contributed by atoms with van der Waals surface area (Å²) in [6.07, 6.45) is 3.37. The van der Waals surface area contributed by atoms with Crippen LogP contribution in [-0.2, 0) is 6.42 Å². The van der Waals surface area contributed by atoms with Crippen LogP contribution in [0.1, 0.15) is 42.0 Å². The maximum absolute atomic E-state index is 12.6. The Labute approximate surface area is 117 Å². The molecule has 0 N–H and O–H groups in total. The van der Waals surface area contributed by atoms with Crippen molar-refractivity contribution in [2.24, 2.45) is 5.41 Å². The van der Waals surface area contributed by atoms with Crippen LogP contribution >= 0.6 is 0 Å². The number of carbonyl (C=O) groups excluding carboxylic acids is 1. The summed E-state index contributed by atoms with van der Waals surface area (Å²) in [5.74, 6) is 0.139. The molecule has 3 rings (SSSR count). The maximum atomic E-state index is 12.6. The van der Waals surface area contributed by atoms with Crippen LogP contribution in [0.25, 0.3) is 5.69 Å². The van der Waals surface area contributed by atoms with Crippen LogP contribution in [0, 0.1) is 16.7 Å². The molecule has 20 heavy (non-hydrogen) atoms. The number of ketones is 1. The van der Waals surface area contributed by atoms with Gasteiger partial charge in [-0.05, 0) is 37.1 Å². The van der Waals surface area contributed by atoms with E-state index in [1.165, 1.54) is 0 Å². The fourth-order valence-electron chi connectivity index (χ4n) is 2.57. The van der Waals surface area contributed by atoms with Crippen LogP contribution in [0.5, 0.6) is 0 Å². The van der Waals surface area contributed by atoms with Crippen molar-refractivity contribution in [2.75, 3.05) is 0 Å². The van der Waals surface area contributed by atoms with E-state index < -0.39 is 0 Å². The number of imidazole rings is 1. The van der Waals surface area contributed by atoms with Crippen molar-refractivity contribution in [3.63, 3.8) is 0 Å². The van der Waals surface area contributed by atoms with E-state index in [1.807, 2.05) is 30.5 Å². The number of carbonyl (C=O) groups is 1. The lowest BCUT2D eigenvalue weighted by atomic mass is 9.76.